The predicted molar refractivity (Wildman–Crippen MR) is 51.4 cm³/mol. The van der Waals surface area contributed by atoms with Gasteiger partial charge in [-0.05, 0) is 19.8 Å². The van der Waals surface area contributed by atoms with Crippen molar-refractivity contribution >= 4 is 5.97 Å². The first-order valence-electron chi connectivity index (χ1n) is 4.46. The van der Waals surface area contributed by atoms with Crippen LogP contribution in [-0.4, -0.2) is 26.3 Å². The molecule has 3 heteroatoms. The highest BCUT2D eigenvalue weighted by atomic mass is 16.5. The predicted octanol–water partition coefficient (Wildman–Crippen LogP) is 1.78. The minimum absolute atomic E-state index is 0.245. The lowest BCUT2D eigenvalue weighted by Gasteiger charge is -2.06. The zero-order chi connectivity index (χ0) is 10.3. The molecule has 76 valence electrons. The molecule has 0 saturated carbocycles. The van der Waals surface area contributed by atoms with E-state index in [1.54, 1.807) is 21.0 Å². The van der Waals surface area contributed by atoms with E-state index in [1.165, 1.54) is 0 Å². The Balaban J connectivity index is 4.06. The fourth-order valence-corrected chi connectivity index (χ4v) is 1.05. The second-order valence-corrected chi connectivity index (χ2v) is 3.00. The zero-order valence-corrected chi connectivity index (χ0v) is 8.79. The molecular weight excluding hydrogens is 168 g/mol. The fourth-order valence-electron chi connectivity index (χ4n) is 1.05. The van der Waals surface area contributed by atoms with Crippen LogP contribution in [-0.2, 0) is 14.3 Å². The van der Waals surface area contributed by atoms with E-state index >= 15 is 0 Å². The minimum atomic E-state index is -0.245. The Labute approximate surface area is 79.7 Å². The topological polar surface area (TPSA) is 35.5 Å². The molecule has 0 aromatic carbocycles. The van der Waals surface area contributed by atoms with Gasteiger partial charge >= 0.3 is 5.97 Å². The highest BCUT2D eigenvalue weighted by molar-refractivity contribution is 5.87. The van der Waals surface area contributed by atoms with Gasteiger partial charge in [-0.25, -0.2) is 4.79 Å². The van der Waals surface area contributed by atoms with E-state index in [0.29, 0.717) is 18.8 Å². The standard InChI is InChI=1S/C10H18O3/c1-5-13-10(11)9(3)6-8(2)7-12-4/h6,8H,5,7H2,1-4H3. The average molecular weight is 186 g/mol. The van der Waals surface area contributed by atoms with Crippen molar-refractivity contribution < 1.29 is 14.3 Å². The molecule has 0 radical (unpaired) electrons. The molecule has 0 aliphatic heterocycles. The maximum absolute atomic E-state index is 11.2. The number of hydrogen-bond donors (Lipinski definition) is 0. The maximum Gasteiger partial charge on any atom is 0.333 e. The van der Waals surface area contributed by atoms with E-state index in [0.717, 1.165) is 0 Å². The van der Waals surface area contributed by atoms with Gasteiger partial charge in [-0.2, -0.15) is 0 Å². The molecule has 0 bridgehead atoms. The highest BCUT2D eigenvalue weighted by Gasteiger charge is 2.06. The first kappa shape index (κ1) is 12.2. The lowest BCUT2D eigenvalue weighted by atomic mass is 10.1. The van der Waals surface area contributed by atoms with Gasteiger partial charge < -0.3 is 9.47 Å². The second kappa shape index (κ2) is 6.66. The maximum atomic E-state index is 11.2. The summed E-state index contributed by atoms with van der Waals surface area (Å²) in [5, 5.41) is 0. The SMILES string of the molecule is CCOC(=O)C(C)=CC(C)COC. The van der Waals surface area contributed by atoms with Crippen LogP contribution in [0.3, 0.4) is 0 Å². The van der Waals surface area contributed by atoms with Crippen LogP contribution >= 0.6 is 0 Å². The lowest BCUT2D eigenvalue weighted by Crippen LogP contribution is -2.08. The number of rotatable bonds is 5. The smallest absolute Gasteiger partial charge is 0.333 e. The molecule has 0 heterocycles. The Morgan fingerprint density at radius 2 is 2.15 bits per heavy atom. The molecule has 0 aliphatic rings. The van der Waals surface area contributed by atoms with E-state index in [9.17, 15) is 4.79 Å². The van der Waals surface area contributed by atoms with Crippen LogP contribution in [0.25, 0.3) is 0 Å². The quantitative estimate of drug-likeness (QED) is 0.485. The molecule has 0 spiro atoms. The number of esters is 1. The number of ether oxygens (including phenoxy) is 2. The van der Waals surface area contributed by atoms with Crippen molar-refractivity contribution in [3.8, 4) is 0 Å². The van der Waals surface area contributed by atoms with Crippen LogP contribution in [0, 0.1) is 5.92 Å². The molecule has 0 fully saturated rings. The Bertz CT molecular complexity index is 185. The van der Waals surface area contributed by atoms with Crippen LogP contribution in [0.1, 0.15) is 20.8 Å². The van der Waals surface area contributed by atoms with Gasteiger partial charge in [0.25, 0.3) is 0 Å². The van der Waals surface area contributed by atoms with Gasteiger partial charge in [0.15, 0.2) is 0 Å². The summed E-state index contributed by atoms with van der Waals surface area (Å²) in [5.74, 6) is -0.000130. The van der Waals surface area contributed by atoms with Gasteiger partial charge in [0.1, 0.15) is 0 Å². The normalized spacial score (nSPS) is 14.0. The Morgan fingerprint density at radius 3 is 2.62 bits per heavy atom. The molecular formula is C10H18O3. The summed E-state index contributed by atoms with van der Waals surface area (Å²) in [6.07, 6.45) is 1.86. The summed E-state index contributed by atoms with van der Waals surface area (Å²) in [5.41, 5.74) is 0.645. The molecule has 0 N–H and O–H groups in total. The van der Waals surface area contributed by atoms with E-state index in [2.05, 4.69) is 0 Å². The third kappa shape index (κ3) is 5.42. The first-order chi connectivity index (χ1) is 6.11. The molecule has 0 aromatic heterocycles. The Hall–Kier alpha value is -0.830. The van der Waals surface area contributed by atoms with Crippen LogP contribution in [0.2, 0.25) is 0 Å². The third-order valence-corrected chi connectivity index (χ3v) is 1.56. The van der Waals surface area contributed by atoms with E-state index < -0.39 is 0 Å². The van der Waals surface area contributed by atoms with Crippen molar-refractivity contribution in [3.63, 3.8) is 0 Å². The molecule has 1 atom stereocenters. The zero-order valence-electron chi connectivity index (χ0n) is 8.79. The molecule has 0 aromatic rings. The fraction of sp³-hybridized carbons (Fsp3) is 0.700. The molecule has 0 saturated heterocycles. The van der Waals surface area contributed by atoms with E-state index in [4.69, 9.17) is 9.47 Å². The van der Waals surface area contributed by atoms with Crippen LogP contribution < -0.4 is 0 Å². The molecule has 13 heavy (non-hydrogen) atoms. The number of methoxy groups -OCH3 is 1. The van der Waals surface area contributed by atoms with Gasteiger partial charge in [-0.1, -0.05) is 13.0 Å². The van der Waals surface area contributed by atoms with E-state index in [-0.39, 0.29) is 11.9 Å². The summed E-state index contributed by atoms with van der Waals surface area (Å²) in [6, 6.07) is 0. The van der Waals surface area contributed by atoms with Crippen molar-refractivity contribution in [3.05, 3.63) is 11.6 Å². The first-order valence-corrected chi connectivity index (χ1v) is 4.46. The van der Waals surface area contributed by atoms with Gasteiger partial charge in [0, 0.05) is 12.7 Å². The molecule has 0 aliphatic carbocycles. The number of carbonyl (C=O) groups excluding carboxylic acids is 1. The summed E-state index contributed by atoms with van der Waals surface area (Å²) < 4.78 is 9.78. The summed E-state index contributed by atoms with van der Waals surface area (Å²) in [4.78, 5) is 11.2. The average Bonchev–Trinajstić information content (AvgIpc) is 2.05. The van der Waals surface area contributed by atoms with Crippen LogP contribution in [0.4, 0.5) is 0 Å². The van der Waals surface area contributed by atoms with Crippen molar-refractivity contribution in [2.24, 2.45) is 5.92 Å². The molecule has 0 rings (SSSR count). The monoisotopic (exact) mass is 186 g/mol. The van der Waals surface area contributed by atoms with Crippen molar-refractivity contribution in [1.29, 1.82) is 0 Å². The molecule has 1 unspecified atom stereocenters. The van der Waals surface area contributed by atoms with Gasteiger partial charge in [0.2, 0.25) is 0 Å². The number of carbonyl (C=O) groups is 1. The second-order valence-electron chi connectivity index (χ2n) is 3.00. The molecule has 3 nitrogen and oxygen atoms in total. The van der Waals surface area contributed by atoms with Gasteiger partial charge in [-0.3, -0.25) is 0 Å². The number of hydrogen-bond acceptors (Lipinski definition) is 3. The van der Waals surface area contributed by atoms with E-state index in [1.807, 2.05) is 13.0 Å². The van der Waals surface area contributed by atoms with Crippen LogP contribution in [0.15, 0.2) is 11.6 Å². The van der Waals surface area contributed by atoms with Crippen molar-refractivity contribution in [2.75, 3.05) is 20.3 Å². The largest absolute Gasteiger partial charge is 0.463 e. The highest BCUT2D eigenvalue weighted by Crippen LogP contribution is 2.04. The minimum Gasteiger partial charge on any atom is -0.463 e. The Kier molecular flexibility index (Phi) is 6.24. The van der Waals surface area contributed by atoms with Crippen molar-refractivity contribution in [2.45, 2.75) is 20.8 Å². The van der Waals surface area contributed by atoms with Crippen LogP contribution in [0.5, 0.6) is 0 Å². The summed E-state index contributed by atoms with van der Waals surface area (Å²) in [6.45, 7) is 6.58. The Morgan fingerprint density at radius 1 is 1.54 bits per heavy atom. The van der Waals surface area contributed by atoms with Gasteiger partial charge in [-0.15, -0.1) is 0 Å². The summed E-state index contributed by atoms with van der Waals surface area (Å²) in [7, 11) is 1.64. The van der Waals surface area contributed by atoms with Gasteiger partial charge in [0.05, 0.1) is 13.2 Å². The third-order valence-electron chi connectivity index (χ3n) is 1.56. The summed E-state index contributed by atoms with van der Waals surface area (Å²) >= 11 is 0. The molecule has 0 amide bonds. The van der Waals surface area contributed by atoms with Crippen molar-refractivity contribution in [1.82, 2.24) is 0 Å². The lowest BCUT2D eigenvalue weighted by molar-refractivity contribution is -0.138.